The molecule has 0 aromatic heterocycles. The molecule has 112 valence electrons. The van der Waals surface area contributed by atoms with Crippen molar-refractivity contribution in [2.45, 2.75) is 52.6 Å². The summed E-state index contributed by atoms with van der Waals surface area (Å²) in [4.78, 5) is 2.44. The van der Waals surface area contributed by atoms with E-state index in [1.165, 1.54) is 16.7 Å². The molecule has 3 nitrogen and oxygen atoms in total. The van der Waals surface area contributed by atoms with Gasteiger partial charge in [0.1, 0.15) is 12.4 Å². The second kappa shape index (κ2) is 6.15. The quantitative estimate of drug-likeness (QED) is 0.917. The first-order chi connectivity index (χ1) is 9.49. The van der Waals surface area contributed by atoms with E-state index in [1.807, 2.05) is 0 Å². The van der Waals surface area contributed by atoms with E-state index in [1.54, 1.807) is 0 Å². The van der Waals surface area contributed by atoms with Crippen molar-refractivity contribution >= 4 is 0 Å². The van der Waals surface area contributed by atoms with Crippen molar-refractivity contribution in [1.82, 2.24) is 4.90 Å². The lowest BCUT2D eigenvalue weighted by atomic mass is 9.88. The largest absolute Gasteiger partial charge is 0.492 e. The first kappa shape index (κ1) is 15.3. The molecular weight excluding hydrogens is 248 g/mol. The molecule has 2 unspecified atom stereocenters. The lowest BCUT2D eigenvalue weighted by molar-refractivity contribution is 0.128. The lowest BCUT2D eigenvalue weighted by Gasteiger charge is -2.39. The van der Waals surface area contributed by atoms with E-state index >= 15 is 0 Å². The molecule has 2 N–H and O–H groups in total. The van der Waals surface area contributed by atoms with Gasteiger partial charge in [0, 0.05) is 5.56 Å². The summed E-state index contributed by atoms with van der Waals surface area (Å²) < 4.78 is 5.87. The summed E-state index contributed by atoms with van der Waals surface area (Å²) in [6.45, 7) is 13.7. The van der Waals surface area contributed by atoms with Crippen molar-refractivity contribution in [1.29, 1.82) is 0 Å². The van der Waals surface area contributed by atoms with Gasteiger partial charge in [-0.1, -0.05) is 27.7 Å². The molecule has 1 aliphatic heterocycles. The Bertz CT molecular complexity index is 466. The minimum atomic E-state index is 0.0464. The molecule has 1 aromatic carbocycles. The normalized spacial score (nSPS) is 22.0. The molecule has 2 rings (SSSR count). The molecule has 20 heavy (non-hydrogen) atoms. The van der Waals surface area contributed by atoms with Crippen LogP contribution < -0.4 is 10.5 Å². The highest BCUT2D eigenvalue weighted by Crippen LogP contribution is 2.38. The Morgan fingerprint density at radius 1 is 1.30 bits per heavy atom. The van der Waals surface area contributed by atoms with Crippen molar-refractivity contribution in [3.63, 3.8) is 0 Å². The molecule has 0 spiro atoms. The van der Waals surface area contributed by atoms with Gasteiger partial charge in [0.2, 0.25) is 0 Å². The Balaban J connectivity index is 2.50. The number of aryl methyl sites for hydroxylation is 1. The summed E-state index contributed by atoms with van der Waals surface area (Å²) in [5.74, 6) is 1.54. The Labute approximate surface area is 123 Å². The maximum atomic E-state index is 6.34. The fraction of sp³-hybridized carbons (Fsp3) is 0.647. The van der Waals surface area contributed by atoms with Crippen molar-refractivity contribution < 1.29 is 4.74 Å². The maximum Gasteiger partial charge on any atom is 0.124 e. The number of rotatable bonds is 4. The third-order valence-electron chi connectivity index (χ3n) is 4.38. The lowest BCUT2D eigenvalue weighted by Crippen LogP contribution is -2.47. The molecule has 0 bridgehead atoms. The average Bonchev–Trinajstić information content (AvgIpc) is 2.41. The van der Waals surface area contributed by atoms with Gasteiger partial charge in [0.15, 0.2) is 0 Å². The maximum absolute atomic E-state index is 6.34. The van der Waals surface area contributed by atoms with E-state index in [0.717, 1.165) is 18.8 Å². The molecule has 0 amide bonds. The van der Waals surface area contributed by atoms with E-state index in [9.17, 15) is 0 Å². The van der Waals surface area contributed by atoms with Crippen LogP contribution in [0.4, 0.5) is 0 Å². The van der Waals surface area contributed by atoms with Gasteiger partial charge in [-0.25, -0.2) is 0 Å². The van der Waals surface area contributed by atoms with Gasteiger partial charge < -0.3 is 10.5 Å². The first-order valence-corrected chi connectivity index (χ1v) is 7.76. The monoisotopic (exact) mass is 276 g/mol. The van der Waals surface area contributed by atoms with Crippen LogP contribution in [0.25, 0.3) is 0 Å². The Hall–Kier alpha value is -1.06. The predicted molar refractivity (Wildman–Crippen MR) is 84.4 cm³/mol. The Kier molecular flexibility index (Phi) is 4.71. The minimum Gasteiger partial charge on any atom is -0.492 e. The summed E-state index contributed by atoms with van der Waals surface area (Å²) >= 11 is 0. The second-order valence-electron chi connectivity index (χ2n) is 6.04. The number of hydrogen-bond acceptors (Lipinski definition) is 3. The van der Waals surface area contributed by atoms with Crippen LogP contribution in [0, 0.1) is 6.92 Å². The van der Waals surface area contributed by atoms with E-state index in [-0.39, 0.29) is 12.1 Å². The fourth-order valence-corrected chi connectivity index (χ4v) is 3.29. The number of fused-ring (bicyclic) bond motifs is 1. The molecule has 1 aromatic rings. The highest BCUT2D eigenvalue weighted by Gasteiger charge is 2.32. The molecule has 3 heteroatoms. The number of benzene rings is 1. The molecule has 0 saturated carbocycles. The predicted octanol–water partition coefficient (Wildman–Crippen LogP) is 3.22. The highest BCUT2D eigenvalue weighted by atomic mass is 16.5. The van der Waals surface area contributed by atoms with Crippen LogP contribution in [0.3, 0.4) is 0 Å². The number of nitrogens with two attached hydrogens (primary N) is 1. The molecule has 0 fully saturated rings. The number of ether oxygens (including phenoxy) is 1. The van der Waals surface area contributed by atoms with Gasteiger partial charge in [-0.15, -0.1) is 0 Å². The van der Waals surface area contributed by atoms with Gasteiger partial charge in [-0.3, -0.25) is 4.90 Å². The molecule has 2 atom stereocenters. The Morgan fingerprint density at radius 2 is 1.95 bits per heavy atom. The average molecular weight is 276 g/mol. The number of likely N-dealkylation sites (N-methyl/N-ethyl adjacent to an activating group) is 1. The van der Waals surface area contributed by atoms with E-state index in [2.05, 4.69) is 51.7 Å². The first-order valence-electron chi connectivity index (χ1n) is 7.76. The van der Waals surface area contributed by atoms with Gasteiger partial charge in [0.05, 0.1) is 12.1 Å². The molecule has 1 aliphatic rings. The van der Waals surface area contributed by atoms with E-state index in [4.69, 9.17) is 10.5 Å². The third kappa shape index (κ3) is 2.70. The van der Waals surface area contributed by atoms with Crippen LogP contribution in [-0.4, -0.2) is 30.6 Å². The molecular formula is C17H28N2O. The van der Waals surface area contributed by atoms with Crippen molar-refractivity contribution in [3.8, 4) is 5.75 Å². The minimum absolute atomic E-state index is 0.0464. The van der Waals surface area contributed by atoms with Gasteiger partial charge >= 0.3 is 0 Å². The van der Waals surface area contributed by atoms with Crippen LogP contribution in [0.2, 0.25) is 0 Å². The van der Waals surface area contributed by atoms with Crippen LogP contribution >= 0.6 is 0 Å². The highest BCUT2D eigenvalue weighted by molar-refractivity contribution is 5.47. The van der Waals surface area contributed by atoms with E-state index < -0.39 is 0 Å². The summed E-state index contributed by atoms with van der Waals surface area (Å²) in [6, 6.07) is 4.82. The second-order valence-corrected chi connectivity index (χ2v) is 6.04. The number of nitrogens with zero attached hydrogens (tertiary/aromatic N) is 1. The van der Waals surface area contributed by atoms with Crippen LogP contribution in [0.1, 0.15) is 56.3 Å². The van der Waals surface area contributed by atoms with Crippen LogP contribution in [0.5, 0.6) is 5.75 Å². The van der Waals surface area contributed by atoms with Crippen molar-refractivity contribution in [2.75, 3.05) is 19.7 Å². The standard InChI is InChI=1S/C17H28N2O/c1-6-19(7-2)17-14-9-13(11(3)4)12(5)8-16(14)20-10-15(17)18/h8-9,11,15,17H,6-7,10,18H2,1-5H3. The van der Waals surface area contributed by atoms with Gasteiger partial charge in [-0.2, -0.15) is 0 Å². The topological polar surface area (TPSA) is 38.5 Å². The molecule has 1 heterocycles. The van der Waals surface area contributed by atoms with E-state index in [0.29, 0.717) is 12.5 Å². The van der Waals surface area contributed by atoms with Gasteiger partial charge in [0.25, 0.3) is 0 Å². The summed E-state index contributed by atoms with van der Waals surface area (Å²) in [6.07, 6.45) is 0. The van der Waals surface area contributed by atoms with Gasteiger partial charge in [-0.05, 0) is 49.2 Å². The molecule has 0 saturated heterocycles. The van der Waals surface area contributed by atoms with Crippen LogP contribution in [-0.2, 0) is 0 Å². The summed E-state index contributed by atoms with van der Waals surface area (Å²) in [5.41, 5.74) is 10.3. The third-order valence-corrected chi connectivity index (χ3v) is 4.38. The summed E-state index contributed by atoms with van der Waals surface area (Å²) in [7, 11) is 0. The summed E-state index contributed by atoms with van der Waals surface area (Å²) in [5, 5.41) is 0. The zero-order chi connectivity index (χ0) is 14.9. The smallest absolute Gasteiger partial charge is 0.124 e. The SMILES string of the molecule is CCN(CC)C1c2cc(C(C)C)c(C)cc2OCC1N. The molecule has 0 aliphatic carbocycles. The van der Waals surface area contributed by atoms with Crippen molar-refractivity contribution in [3.05, 3.63) is 28.8 Å². The van der Waals surface area contributed by atoms with Crippen molar-refractivity contribution in [2.24, 2.45) is 5.73 Å². The van der Waals surface area contributed by atoms with Crippen LogP contribution in [0.15, 0.2) is 12.1 Å². The Morgan fingerprint density at radius 3 is 2.50 bits per heavy atom. The zero-order valence-electron chi connectivity index (χ0n) is 13.4. The molecule has 0 radical (unpaired) electrons. The zero-order valence-corrected chi connectivity index (χ0v) is 13.4. The fourth-order valence-electron chi connectivity index (χ4n) is 3.29. The number of hydrogen-bond donors (Lipinski definition) is 1.